The van der Waals surface area contributed by atoms with Crippen molar-refractivity contribution in [2.45, 2.75) is 87.0 Å². The lowest BCUT2D eigenvalue weighted by Gasteiger charge is -2.38. The molecular weight excluding hydrogens is 232 g/mol. The quantitative estimate of drug-likeness (QED) is 0.504. The smallest absolute Gasteiger partial charge is 0.0442 e. The van der Waals surface area contributed by atoms with E-state index in [1.54, 1.807) is 0 Å². The fourth-order valence-corrected chi connectivity index (χ4v) is 3.88. The molecule has 0 aromatic rings. The van der Waals surface area contributed by atoms with E-state index in [-0.39, 0.29) is 0 Å². The molecule has 2 atom stereocenters. The summed E-state index contributed by atoms with van der Waals surface area (Å²) in [5.41, 5.74) is 0.902. The van der Waals surface area contributed by atoms with Crippen LogP contribution in [0.25, 0.3) is 0 Å². The molecule has 0 amide bonds. The summed E-state index contributed by atoms with van der Waals surface area (Å²) in [5.74, 6) is 1.70. The molecule has 0 nitrogen and oxygen atoms in total. The lowest BCUT2D eigenvalue weighted by atomic mass is 9.68. The first-order chi connectivity index (χ1) is 7.72. The summed E-state index contributed by atoms with van der Waals surface area (Å²) in [6.45, 7) is 24.4. The van der Waals surface area contributed by atoms with Gasteiger partial charge in [0.2, 0.25) is 0 Å². The van der Waals surface area contributed by atoms with Crippen LogP contribution in [-0.2, 0) is 0 Å². The predicted molar refractivity (Wildman–Crippen MR) is 89.0 cm³/mol. The van der Waals surface area contributed by atoms with Crippen LogP contribution in [-0.4, -0.2) is 8.07 Å². The summed E-state index contributed by atoms with van der Waals surface area (Å²) in [4.78, 5) is 0. The van der Waals surface area contributed by atoms with Crippen molar-refractivity contribution in [3.05, 3.63) is 0 Å². The lowest BCUT2D eigenvalue weighted by Crippen LogP contribution is -2.31. The first kappa shape index (κ1) is 18.2. The molecule has 0 heterocycles. The molecule has 0 fully saturated rings. The minimum Gasteiger partial charge on any atom is -0.0695 e. The van der Waals surface area contributed by atoms with Gasteiger partial charge in [-0.1, -0.05) is 80.6 Å². The van der Waals surface area contributed by atoms with E-state index in [1.807, 2.05) is 0 Å². The molecule has 0 radical (unpaired) electrons. The zero-order chi connectivity index (χ0) is 14.8. The molecule has 0 saturated carbocycles. The Hall–Kier alpha value is 0.217. The largest absolute Gasteiger partial charge is 0.0695 e. The average Bonchev–Trinajstić information content (AvgIpc) is 2.06. The second-order valence-electron chi connectivity index (χ2n) is 9.78. The van der Waals surface area contributed by atoms with Gasteiger partial charge in [-0.2, -0.15) is 0 Å². The van der Waals surface area contributed by atoms with Gasteiger partial charge in [-0.15, -0.1) is 0 Å². The Morgan fingerprint density at radius 1 is 0.889 bits per heavy atom. The van der Waals surface area contributed by atoms with E-state index in [9.17, 15) is 0 Å². The molecule has 0 saturated heterocycles. The van der Waals surface area contributed by atoms with Crippen molar-refractivity contribution in [3.8, 4) is 0 Å². The number of hydrogen-bond donors (Lipinski definition) is 0. The summed E-state index contributed by atoms with van der Waals surface area (Å²) in [5, 5.41) is 0. The van der Waals surface area contributed by atoms with Crippen LogP contribution in [0.15, 0.2) is 0 Å². The van der Waals surface area contributed by atoms with Gasteiger partial charge in [-0.3, -0.25) is 0 Å². The fraction of sp³-hybridized carbons (Fsp3) is 1.00. The maximum absolute atomic E-state index is 2.50. The third-order valence-corrected chi connectivity index (χ3v) is 6.00. The lowest BCUT2D eigenvalue weighted by molar-refractivity contribution is 0.130. The third kappa shape index (κ3) is 8.34. The highest BCUT2D eigenvalue weighted by Gasteiger charge is 2.31. The van der Waals surface area contributed by atoms with Gasteiger partial charge in [0.15, 0.2) is 0 Å². The number of rotatable bonds is 5. The van der Waals surface area contributed by atoms with E-state index in [1.165, 1.54) is 18.9 Å². The van der Waals surface area contributed by atoms with E-state index in [0.717, 1.165) is 11.8 Å². The van der Waals surface area contributed by atoms with Crippen molar-refractivity contribution < 1.29 is 0 Å². The molecule has 18 heavy (non-hydrogen) atoms. The fourth-order valence-electron chi connectivity index (χ4n) is 2.64. The van der Waals surface area contributed by atoms with Gasteiger partial charge in [0, 0.05) is 8.07 Å². The maximum atomic E-state index is 2.50. The van der Waals surface area contributed by atoms with Crippen molar-refractivity contribution in [2.24, 2.45) is 22.7 Å². The van der Waals surface area contributed by atoms with Crippen molar-refractivity contribution in [1.82, 2.24) is 0 Å². The second-order valence-corrected chi connectivity index (χ2v) is 15.4. The van der Waals surface area contributed by atoms with Crippen LogP contribution in [0.3, 0.4) is 0 Å². The standard InChI is InChI=1S/C17H38Si/c1-14(17(5,6)7)15(13-16(2,3)4)11-12-18(8,9)10/h14-15H,11-13H2,1-10H3. The van der Waals surface area contributed by atoms with E-state index >= 15 is 0 Å². The Balaban J connectivity index is 4.74. The van der Waals surface area contributed by atoms with Gasteiger partial charge in [-0.05, 0) is 29.1 Å². The highest BCUT2D eigenvalue weighted by molar-refractivity contribution is 6.76. The van der Waals surface area contributed by atoms with Crippen LogP contribution >= 0.6 is 0 Å². The SMILES string of the molecule is CC(C(CC[Si](C)(C)C)CC(C)(C)C)C(C)(C)C. The molecule has 0 bridgehead atoms. The van der Waals surface area contributed by atoms with Crippen molar-refractivity contribution >= 4 is 8.07 Å². The minimum atomic E-state index is -0.900. The van der Waals surface area contributed by atoms with E-state index in [2.05, 4.69) is 68.1 Å². The van der Waals surface area contributed by atoms with Crippen LogP contribution < -0.4 is 0 Å². The Kier molecular flexibility index (Phi) is 6.19. The molecule has 110 valence electrons. The summed E-state index contributed by atoms with van der Waals surface area (Å²) in [7, 11) is -0.900. The van der Waals surface area contributed by atoms with E-state index < -0.39 is 8.07 Å². The first-order valence-corrected chi connectivity index (χ1v) is 11.4. The summed E-state index contributed by atoms with van der Waals surface area (Å²) in [6.07, 6.45) is 2.81. The molecule has 0 aliphatic carbocycles. The maximum Gasteiger partial charge on any atom is 0.0442 e. The monoisotopic (exact) mass is 270 g/mol. The van der Waals surface area contributed by atoms with E-state index in [4.69, 9.17) is 0 Å². The highest BCUT2D eigenvalue weighted by atomic mass is 28.3. The minimum absolute atomic E-state index is 0.440. The Bertz CT molecular complexity index is 234. The van der Waals surface area contributed by atoms with Gasteiger partial charge in [0.05, 0.1) is 0 Å². The molecule has 0 N–H and O–H groups in total. The average molecular weight is 271 g/mol. The molecule has 1 heteroatoms. The van der Waals surface area contributed by atoms with E-state index in [0.29, 0.717) is 10.8 Å². The van der Waals surface area contributed by atoms with Crippen LogP contribution in [0.4, 0.5) is 0 Å². The topological polar surface area (TPSA) is 0 Å². The van der Waals surface area contributed by atoms with Crippen molar-refractivity contribution in [3.63, 3.8) is 0 Å². The summed E-state index contributed by atoms with van der Waals surface area (Å²) < 4.78 is 0. The molecule has 2 unspecified atom stereocenters. The zero-order valence-electron chi connectivity index (χ0n) is 14.8. The Morgan fingerprint density at radius 2 is 1.33 bits per heavy atom. The predicted octanol–water partition coefficient (Wildman–Crippen LogP) is 6.45. The van der Waals surface area contributed by atoms with Gasteiger partial charge >= 0.3 is 0 Å². The van der Waals surface area contributed by atoms with Crippen LogP contribution in [0, 0.1) is 22.7 Å². The van der Waals surface area contributed by atoms with Gasteiger partial charge in [0.25, 0.3) is 0 Å². The molecule has 0 aromatic carbocycles. The van der Waals surface area contributed by atoms with Crippen LogP contribution in [0.1, 0.15) is 61.3 Å². The normalized spacial score (nSPS) is 17.7. The highest BCUT2D eigenvalue weighted by Crippen LogP contribution is 2.40. The van der Waals surface area contributed by atoms with Gasteiger partial charge < -0.3 is 0 Å². The Morgan fingerprint density at radius 3 is 1.61 bits per heavy atom. The molecular formula is C17H38Si. The molecule has 0 aromatic heterocycles. The molecule has 0 spiro atoms. The molecule has 0 aliphatic heterocycles. The van der Waals surface area contributed by atoms with Gasteiger partial charge in [0.1, 0.15) is 0 Å². The van der Waals surface area contributed by atoms with Crippen LogP contribution in [0.5, 0.6) is 0 Å². The Labute approximate surface area is 118 Å². The molecule has 0 aliphatic rings. The van der Waals surface area contributed by atoms with Crippen LogP contribution in [0.2, 0.25) is 25.7 Å². The number of hydrogen-bond acceptors (Lipinski definition) is 0. The first-order valence-electron chi connectivity index (χ1n) is 7.72. The third-order valence-electron chi connectivity index (χ3n) is 4.21. The molecule has 0 rings (SSSR count). The van der Waals surface area contributed by atoms with Crippen molar-refractivity contribution in [1.29, 1.82) is 0 Å². The zero-order valence-corrected chi connectivity index (χ0v) is 15.8. The summed E-state index contributed by atoms with van der Waals surface area (Å²) >= 11 is 0. The summed E-state index contributed by atoms with van der Waals surface area (Å²) in [6, 6.07) is 1.48. The van der Waals surface area contributed by atoms with Gasteiger partial charge in [-0.25, -0.2) is 0 Å². The second kappa shape index (κ2) is 6.11. The van der Waals surface area contributed by atoms with Crippen molar-refractivity contribution in [2.75, 3.05) is 0 Å².